The van der Waals surface area contributed by atoms with Crippen LogP contribution in [0, 0.1) is 17.8 Å². The number of amides is 4. The van der Waals surface area contributed by atoms with E-state index < -0.39 is 11.6 Å². The maximum Gasteiger partial charge on any atom is 0.325 e. The number of urea groups is 1. The lowest BCUT2D eigenvalue weighted by molar-refractivity contribution is -0.149. The second-order valence-electron chi connectivity index (χ2n) is 7.92. The normalized spacial score (nSPS) is 26.0. The van der Waals surface area contributed by atoms with E-state index in [1.807, 2.05) is 0 Å². The first kappa shape index (κ1) is 17.3. The van der Waals surface area contributed by atoms with E-state index in [1.54, 1.807) is 4.90 Å². The summed E-state index contributed by atoms with van der Waals surface area (Å²) in [6, 6.07) is -0.438. The Morgan fingerprint density at radius 1 is 1.08 bits per heavy atom. The van der Waals surface area contributed by atoms with Crippen molar-refractivity contribution in [3.63, 3.8) is 0 Å². The average Bonchev–Trinajstić information content (AvgIpc) is 3.55. The number of esters is 1. The lowest BCUT2D eigenvalue weighted by Crippen LogP contribution is -2.52. The molecule has 1 N–H and O–H groups in total. The first-order chi connectivity index (χ1) is 12.5. The van der Waals surface area contributed by atoms with Crippen molar-refractivity contribution in [2.45, 2.75) is 44.1 Å². The van der Waals surface area contributed by atoms with E-state index >= 15 is 0 Å². The van der Waals surface area contributed by atoms with Crippen LogP contribution in [0.4, 0.5) is 4.79 Å². The van der Waals surface area contributed by atoms with E-state index in [1.165, 1.54) is 7.11 Å². The molecule has 4 amide bonds. The Balaban J connectivity index is 1.38. The standard InChI is InChI=1S/C18H25N3O5/c1-26-15(23)11-6-8-20(9-7-11)14(22)10-21-16(24)18(12-2-3-12,13-4-5-13)19-17(21)25/h11-13H,2-10H2,1H3,(H,19,25). The van der Waals surface area contributed by atoms with Gasteiger partial charge in [-0.3, -0.25) is 19.3 Å². The van der Waals surface area contributed by atoms with Gasteiger partial charge in [0.2, 0.25) is 5.91 Å². The van der Waals surface area contributed by atoms with Gasteiger partial charge in [0.1, 0.15) is 12.1 Å². The highest BCUT2D eigenvalue weighted by Gasteiger charge is 2.65. The number of methoxy groups -OCH3 is 1. The topological polar surface area (TPSA) is 96.0 Å². The highest BCUT2D eigenvalue weighted by Crippen LogP contribution is 2.54. The molecule has 142 valence electrons. The molecule has 8 heteroatoms. The number of nitrogens with one attached hydrogen (secondary N) is 1. The summed E-state index contributed by atoms with van der Waals surface area (Å²) in [6.07, 6.45) is 4.95. The molecule has 8 nitrogen and oxygen atoms in total. The molecule has 0 aromatic heterocycles. The highest BCUT2D eigenvalue weighted by atomic mass is 16.5. The highest BCUT2D eigenvalue weighted by molar-refractivity contribution is 6.09. The first-order valence-electron chi connectivity index (χ1n) is 9.47. The summed E-state index contributed by atoms with van der Waals surface area (Å²) in [5, 5.41) is 2.93. The fraction of sp³-hybridized carbons (Fsp3) is 0.778. The Bertz CT molecular complexity index is 635. The molecule has 2 aliphatic heterocycles. The number of likely N-dealkylation sites (tertiary alicyclic amines) is 1. The van der Waals surface area contributed by atoms with E-state index in [0.29, 0.717) is 25.9 Å². The van der Waals surface area contributed by atoms with Gasteiger partial charge in [-0.05, 0) is 50.4 Å². The summed E-state index contributed by atoms with van der Waals surface area (Å²) in [7, 11) is 1.36. The lowest BCUT2D eigenvalue weighted by atomic mass is 9.87. The largest absolute Gasteiger partial charge is 0.469 e. The molecule has 0 bridgehead atoms. The molecule has 0 spiro atoms. The number of hydrogen-bond donors (Lipinski definition) is 1. The third kappa shape index (κ3) is 2.75. The molecule has 2 saturated heterocycles. The van der Waals surface area contributed by atoms with Crippen LogP contribution in [-0.2, 0) is 19.1 Å². The van der Waals surface area contributed by atoms with Crippen molar-refractivity contribution < 1.29 is 23.9 Å². The van der Waals surface area contributed by atoms with Crippen molar-refractivity contribution in [3.05, 3.63) is 0 Å². The van der Waals surface area contributed by atoms with Crippen LogP contribution in [0.25, 0.3) is 0 Å². The molecule has 0 radical (unpaired) electrons. The molecule has 0 aromatic carbocycles. The van der Waals surface area contributed by atoms with Crippen LogP contribution >= 0.6 is 0 Å². The van der Waals surface area contributed by atoms with E-state index in [2.05, 4.69) is 5.32 Å². The zero-order valence-electron chi connectivity index (χ0n) is 15.0. The van der Waals surface area contributed by atoms with Gasteiger partial charge in [-0.15, -0.1) is 0 Å². The van der Waals surface area contributed by atoms with Crippen LogP contribution in [0.1, 0.15) is 38.5 Å². The van der Waals surface area contributed by atoms with Gasteiger partial charge in [0.05, 0.1) is 13.0 Å². The Morgan fingerprint density at radius 2 is 1.65 bits per heavy atom. The Labute approximate surface area is 152 Å². The molecule has 4 fully saturated rings. The van der Waals surface area contributed by atoms with Gasteiger partial charge < -0.3 is 15.0 Å². The number of rotatable bonds is 5. The number of piperidine rings is 1. The van der Waals surface area contributed by atoms with Crippen molar-refractivity contribution in [1.82, 2.24) is 15.1 Å². The minimum absolute atomic E-state index is 0.182. The third-order valence-corrected chi connectivity index (χ3v) is 6.28. The van der Waals surface area contributed by atoms with Crippen LogP contribution in [0.3, 0.4) is 0 Å². The van der Waals surface area contributed by atoms with E-state index in [-0.39, 0.29) is 42.1 Å². The molecular formula is C18H25N3O5. The van der Waals surface area contributed by atoms with Crippen LogP contribution in [0.2, 0.25) is 0 Å². The average molecular weight is 363 g/mol. The SMILES string of the molecule is COC(=O)C1CCN(C(=O)CN2C(=O)NC(C3CC3)(C3CC3)C2=O)CC1. The molecule has 0 aromatic rings. The quantitative estimate of drug-likeness (QED) is 0.567. The molecule has 2 aliphatic carbocycles. The van der Waals surface area contributed by atoms with E-state index in [4.69, 9.17) is 4.74 Å². The molecule has 4 aliphatic rings. The van der Waals surface area contributed by atoms with Crippen molar-refractivity contribution in [3.8, 4) is 0 Å². The summed E-state index contributed by atoms with van der Waals surface area (Å²) >= 11 is 0. The summed E-state index contributed by atoms with van der Waals surface area (Å²) in [6.45, 7) is 0.673. The van der Waals surface area contributed by atoms with E-state index in [0.717, 1.165) is 30.6 Å². The zero-order chi connectivity index (χ0) is 18.5. The van der Waals surface area contributed by atoms with Crippen molar-refractivity contribution in [2.24, 2.45) is 17.8 Å². The van der Waals surface area contributed by atoms with Gasteiger partial charge in [0.25, 0.3) is 5.91 Å². The minimum atomic E-state index is -0.755. The number of nitrogens with zero attached hydrogens (tertiary/aromatic N) is 2. The van der Waals surface area contributed by atoms with Crippen molar-refractivity contribution in [1.29, 1.82) is 0 Å². The fourth-order valence-electron chi connectivity index (χ4n) is 4.49. The zero-order valence-corrected chi connectivity index (χ0v) is 15.0. The van der Waals surface area contributed by atoms with Gasteiger partial charge in [0.15, 0.2) is 0 Å². The molecule has 2 heterocycles. The van der Waals surface area contributed by atoms with Crippen LogP contribution in [0.15, 0.2) is 0 Å². The van der Waals surface area contributed by atoms with Crippen LogP contribution < -0.4 is 5.32 Å². The minimum Gasteiger partial charge on any atom is -0.469 e. The summed E-state index contributed by atoms with van der Waals surface area (Å²) in [5.74, 6) is -0.433. The number of ether oxygens (including phenoxy) is 1. The van der Waals surface area contributed by atoms with Crippen molar-refractivity contribution in [2.75, 3.05) is 26.7 Å². The molecule has 0 atom stereocenters. The second kappa shape index (κ2) is 6.25. The maximum atomic E-state index is 13.0. The van der Waals surface area contributed by atoms with Gasteiger partial charge >= 0.3 is 12.0 Å². The lowest BCUT2D eigenvalue weighted by Gasteiger charge is -2.31. The van der Waals surface area contributed by atoms with E-state index in [9.17, 15) is 19.2 Å². The third-order valence-electron chi connectivity index (χ3n) is 6.28. The van der Waals surface area contributed by atoms with Crippen molar-refractivity contribution >= 4 is 23.8 Å². The Morgan fingerprint density at radius 3 is 2.15 bits per heavy atom. The molecule has 2 saturated carbocycles. The summed E-state index contributed by atoms with van der Waals surface area (Å²) in [4.78, 5) is 52.4. The molecule has 4 rings (SSSR count). The van der Waals surface area contributed by atoms with Gasteiger partial charge in [-0.25, -0.2) is 4.79 Å². The fourth-order valence-corrected chi connectivity index (χ4v) is 4.49. The van der Waals surface area contributed by atoms with Crippen LogP contribution in [-0.4, -0.2) is 65.9 Å². The molecule has 26 heavy (non-hydrogen) atoms. The number of carbonyl (C=O) groups excluding carboxylic acids is 4. The van der Waals surface area contributed by atoms with Gasteiger partial charge in [-0.1, -0.05) is 0 Å². The predicted molar refractivity (Wildman–Crippen MR) is 89.7 cm³/mol. The summed E-state index contributed by atoms with van der Waals surface area (Å²) < 4.78 is 4.75. The van der Waals surface area contributed by atoms with Crippen LogP contribution in [0.5, 0.6) is 0 Å². The van der Waals surface area contributed by atoms with Gasteiger partial charge in [0, 0.05) is 13.1 Å². The van der Waals surface area contributed by atoms with Gasteiger partial charge in [-0.2, -0.15) is 0 Å². The Kier molecular flexibility index (Phi) is 4.16. The summed E-state index contributed by atoms with van der Waals surface area (Å²) in [5.41, 5.74) is -0.755. The first-order valence-corrected chi connectivity index (χ1v) is 9.47. The number of hydrogen-bond acceptors (Lipinski definition) is 5. The molecular weight excluding hydrogens is 338 g/mol. The smallest absolute Gasteiger partial charge is 0.325 e. The number of imide groups is 1. The Hall–Kier alpha value is -2.12. The second-order valence-corrected chi connectivity index (χ2v) is 7.92. The maximum absolute atomic E-state index is 13.0. The predicted octanol–water partition coefficient (Wildman–Crippen LogP) is 0.509. The number of carbonyl (C=O) groups is 4. The molecule has 0 unspecified atom stereocenters. The monoisotopic (exact) mass is 363 g/mol.